The Hall–Kier alpha value is -0.570. The van der Waals surface area contributed by atoms with Crippen LogP contribution in [0.4, 0.5) is 0 Å². The van der Waals surface area contributed by atoms with Crippen molar-refractivity contribution in [1.29, 1.82) is 0 Å². The first kappa shape index (κ1) is 9.52. The maximum atomic E-state index is 11.8. The number of rotatable bonds is 1. The van der Waals surface area contributed by atoms with Gasteiger partial charge in [0.25, 0.3) is 0 Å². The van der Waals surface area contributed by atoms with E-state index in [0.29, 0.717) is 0 Å². The molecule has 3 heteroatoms. The molecule has 1 saturated heterocycles. The number of hydrogen-bond acceptors (Lipinski definition) is 2. The van der Waals surface area contributed by atoms with Crippen molar-refractivity contribution in [2.24, 2.45) is 0 Å². The minimum Gasteiger partial charge on any atom is -0.347 e. The number of carbonyl (C=O) groups excluding carboxylic acids is 1. The van der Waals surface area contributed by atoms with Gasteiger partial charge in [0.1, 0.15) is 0 Å². The fraction of sp³-hybridized carbons (Fsp3) is 0.889. The van der Waals surface area contributed by atoms with Crippen LogP contribution in [0.25, 0.3) is 0 Å². The molecule has 0 spiro atoms. The van der Waals surface area contributed by atoms with E-state index in [1.165, 1.54) is 0 Å². The van der Waals surface area contributed by atoms with E-state index in [-0.39, 0.29) is 11.4 Å². The van der Waals surface area contributed by atoms with Crippen molar-refractivity contribution in [3.63, 3.8) is 0 Å². The lowest BCUT2D eigenvalue weighted by Crippen LogP contribution is -2.51. The summed E-state index contributed by atoms with van der Waals surface area (Å²) >= 11 is 0. The fourth-order valence-corrected chi connectivity index (χ4v) is 1.85. The second kappa shape index (κ2) is 3.05. The number of nitrogens with zero attached hydrogens (tertiary/aromatic N) is 2. The van der Waals surface area contributed by atoms with Crippen molar-refractivity contribution in [2.75, 3.05) is 27.7 Å². The lowest BCUT2D eigenvalue weighted by atomic mass is 9.98. The zero-order valence-corrected chi connectivity index (χ0v) is 8.42. The third kappa shape index (κ3) is 1.33. The van der Waals surface area contributed by atoms with Crippen LogP contribution in [0, 0.1) is 0 Å². The summed E-state index contributed by atoms with van der Waals surface area (Å²) in [5, 5.41) is 0. The summed E-state index contributed by atoms with van der Waals surface area (Å²) in [7, 11) is 5.66. The highest BCUT2D eigenvalue weighted by Gasteiger charge is 2.41. The molecule has 1 aliphatic rings. The van der Waals surface area contributed by atoms with Crippen molar-refractivity contribution in [3.05, 3.63) is 0 Å². The van der Waals surface area contributed by atoms with Gasteiger partial charge in [-0.05, 0) is 33.4 Å². The molecule has 0 saturated carbocycles. The Morgan fingerprint density at radius 2 is 2.08 bits per heavy atom. The first-order chi connectivity index (χ1) is 5.48. The monoisotopic (exact) mass is 170 g/mol. The van der Waals surface area contributed by atoms with Crippen LogP contribution in [-0.2, 0) is 4.79 Å². The quantitative estimate of drug-likeness (QED) is 0.574. The average Bonchev–Trinajstić information content (AvgIpc) is 2.32. The van der Waals surface area contributed by atoms with E-state index >= 15 is 0 Å². The fourth-order valence-electron chi connectivity index (χ4n) is 1.85. The Balaban J connectivity index is 2.77. The third-order valence-electron chi connectivity index (χ3n) is 2.87. The van der Waals surface area contributed by atoms with Crippen molar-refractivity contribution in [1.82, 2.24) is 9.80 Å². The highest BCUT2D eigenvalue weighted by Crippen LogP contribution is 2.28. The second-order valence-corrected chi connectivity index (χ2v) is 4.00. The van der Waals surface area contributed by atoms with E-state index in [2.05, 4.69) is 4.90 Å². The normalized spacial score (nSPS) is 30.7. The van der Waals surface area contributed by atoms with Crippen molar-refractivity contribution < 1.29 is 4.79 Å². The van der Waals surface area contributed by atoms with Crippen LogP contribution in [0.3, 0.4) is 0 Å². The molecule has 1 unspecified atom stereocenters. The molecular weight excluding hydrogens is 152 g/mol. The number of hydrogen-bond donors (Lipinski definition) is 0. The number of likely N-dealkylation sites (tertiary alicyclic amines) is 1. The van der Waals surface area contributed by atoms with Crippen LogP contribution in [0.5, 0.6) is 0 Å². The van der Waals surface area contributed by atoms with Gasteiger partial charge < -0.3 is 4.90 Å². The summed E-state index contributed by atoms with van der Waals surface area (Å²) in [6.07, 6.45) is 2.12. The Labute approximate surface area is 74.3 Å². The maximum absolute atomic E-state index is 11.8. The van der Waals surface area contributed by atoms with Crippen LogP contribution in [0.2, 0.25) is 0 Å². The van der Waals surface area contributed by atoms with Crippen molar-refractivity contribution in [3.8, 4) is 0 Å². The van der Waals surface area contributed by atoms with Crippen LogP contribution < -0.4 is 0 Å². The SMILES string of the molecule is CN(C)C(=O)C1(C)CCCN1C. The minimum atomic E-state index is -0.247. The van der Waals surface area contributed by atoms with Gasteiger partial charge in [-0.2, -0.15) is 0 Å². The van der Waals surface area contributed by atoms with Gasteiger partial charge in [0.15, 0.2) is 0 Å². The highest BCUT2D eigenvalue weighted by atomic mass is 16.2. The lowest BCUT2D eigenvalue weighted by molar-refractivity contribution is -0.138. The van der Waals surface area contributed by atoms with Crippen LogP contribution >= 0.6 is 0 Å². The number of carbonyl (C=O) groups is 1. The summed E-state index contributed by atoms with van der Waals surface area (Å²) in [6.45, 7) is 3.07. The number of amides is 1. The predicted molar refractivity (Wildman–Crippen MR) is 49.0 cm³/mol. The van der Waals surface area contributed by atoms with E-state index in [4.69, 9.17) is 0 Å². The topological polar surface area (TPSA) is 23.6 Å². The molecule has 1 heterocycles. The first-order valence-corrected chi connectivity index (χ1v) is 4.41. The van der Waals surface area contributed by atoms with Crippen LogP contribution in [-0.4, -0.2) is 48.9 Å². The predicted octanol–water partition coefficient (Wildman–Crippen LogP) is 0.559. The molecule has 1 fully saturated rings. The smallest absolute Gasteiger partial charge is 0.242 e. The zero-order valence-electron chi connectivity index (χ0n) is 8.42. The molecule has 0 aromatic rings. The summed E-state index contributed by atoms with van der Waals surface area (Å²) in [5.41, 5.74) is -0.247. The molecule has 0 aromatic carbocycles. The molecule has 70 valence electrons. The lowest BCUT2D eigenvalue weighted by Gasteiger charge is -2.33. The highest BCUT2D eigenvalue weighted by molar-refractivity contribution is 5.85. The van der Waals surface area contributed by atoms with Gasteiger partial charge in [-0.25, -0.2) is 0 Å². The molecule has 0 aliphatic carbocycles. The van der Waals surface area contributed by atoms with Gasteiger partial charge in [-0.1, -0.05) is 0 Å². The molecule has 0 radical (unpaired) electrons. The molecule has 3 nitrogen and oxygen atoms in total. The van der Waals surface area contributed by atoms with E-state index in [1.54, 1.807) is 4.90 Å². The Bertz CT molecular complexity index is 191. The third-order valence-corrected chi connectivity index (χ3v) is 2.87. The second-order valence-electron chi connectivity index (χ2n) is 4.00. The first-order valence-electron chi connectivity index (χ1n) is 4.41. The largest absolute Gasteiger partial charge is 0.347 e. The van der Waals surface area contributed by atoms with Crippen molar-refractivity contribution in [2.45, 2.75) is 25.3 Å². The standard InChI is InChI=1S/C9H18N2O/c1-9(8(12)10(2)3)6-5-7-11(9)4/h5-7H2,1-4H3. The zero-order chi connectivity index (χ0) is 9.35. The van der Waals surface area contributed by atoms with E-state index in [0.717, 1.165) is 19.4 Å². The molecule has 1 rings (SSSR count). The van der Waals surface area contributed by atoms with Gasteiger partial charge in [0.05, 0.1) is 5.54 Å². The molecule has 0 aromatic heterocycles. The van der Waals surface area contributed by atoms with Crippen LogP contribution in [0.15, 0.2) is 0 Å². The summed E-state index contributed by atoms with van der Waals surface area (Å²) in [5.74, 6) is 0.225. The molecule has 1 atom stereocenters. The van der Waals surface area contributed by atoms with Gasteiger partial charge in [-0.15, -0.1) is 0 Å². The van der Waals surface area contributed by atoms with Crippen molar-refractivity contribution >= 4 is 5.91 Å². The molecule has 0 N–H and O–H groups in total. The Kier molecular flexibility index (Phi) is 2.42. The molecular formula is C9H18N2O. The Morgan fingerprint density at radius 1 is 1.50 bits per heavy atom. The van der Waals surface area contributed by atoms with E-state index in [9.17, 15) is 4.79 Å². The summed E-state index contributed by atoms with van der Waals surface area (Å²) in [6, 6.07) is 0. The van der Waals surface area contributed by atoms with Crippen LogP contribution in [0.1, 0.15) is 19.8 Å². The summed E-state index contributed by atoms with van der Waals surface area (Å²) < 4.78 is 0. The average molecular weight is 170 g/mol. The van der Waals surface area contributed by atoms with E-state index in [1.807, 2.05) is 28.1 Å². The van der Waals surface area contributed by atoms with E-state index < -0.39 is 0 Å². The minimum absolute atomic E-state index is 0.225. The molecule has 1 aliphatic heterocycles. The van der Waals surface area contributed by atoms with Gasteiger partial charge in [0.2, 0.25) is 5.91 Å². The Morgan fingerprint density at radius 3 is 2.42 bits per heavy atom. The summed E-state index contributed by atoms with van der Waals surface area (Å²) in [4.78, 5) is 15.6. The van der Waals surface area contributed by atoms with Gasteiger partial charge in [-0.3, -0.25) is 9.69 Å². The molecule has 0 bridgehead atoms. The van der Waals surface area contributed by atoms with Gasteiger partial charge in [0, 0.05) is 14.1 Å². The molecule has 1 amide bonds. The van der Waals surface area contributed by atoms with Gasteiger partial charge >= 0.3 is 0 Å². The number of likely N-dealkylation sites (N-methyl/N-ethyl adjacent to an activating group) is 2. The maximum Gasteiger partial charge on any atom is 0.242 e. The molecule has 12 heavy (non-hydrogen) atoms.